The third-order valence-electron chi connectivity index (χ3n) is 6.87. The number of nitrogens with zero attached hydrogens (tertiary/aromatic N) is 4. The Morgan fingerprint density at radius 1 is 1.02 bits per heavy atom. The predicted octanol–water partition coefficient (Wildman–Crippen LogP) is 5.30. The van der Waals surface area contributed by atoms with Gasteiger partial charge < -0.3 is 10.3 Å². The van der Waals surface area contributed by atoms with Crippen LogP contribution in [0, 0.1) is 11.6 Å². The highest BCUT2D eigenvalue weighted by molar-refractivity contribution is 7.88. The molecule has 44 heavy (non-hydrogen) atoms. The van der Waals surface area contributed by atoms with E-state index >= 15 is 4.39 Å². The van der Waals surface area contributed by atoms with Gasteiger partial charge in [0, 0.05) is 41.9 Å². The number of hydrogen-bond acceptors (Lipinski definition) is 7. The number of amides is 1. The van der Waals surface area contributed by atoms with E-state index in [9.17, 15) is 17.6 Å². The van der Waals surface area contributed by atoms with Gasteiger partial charge in [-0.25, -0.2) is 31.9 Å². The van der Waals surface area contributed by atoms with Crippen molar-refractivity contribution in [1.29, 1.82) is 0 Å². The maximum absolute atomic E-state index is 15.3. The van der Waals surface area contributed by atoms with Crippen LogP contribution in [0.25, 0.3) is 55.8 Å². The number of H-pyrrole nitrogens is 2. The molecule has 0 unspecified atom stereocenters. The van der Waals surface area contributed by atoms with E-state index in [4.69, 9.17) is 4.98 Å². The number of benzene rings is 2. The minimum absolute atomic E-state index is 0.0830. The zero-order chi connectivity index (χ0) is 31.0. The average Bonchev–Trinajstić information content (AvgIpc) is 3.60. The summed E-state index contributed by atoms with van der Waals surface area (Å²) < 4.78 is 55.3. The molecule has 4 heterocycles. The summed E-state index contributed by atoms with van der Waals surface area (Å²) in [6, 6.07) is 10.8. The molecule has 0 fully saturated rings. The van der Waals surface area contributed by atoms with E-state index in [1.54, 1.807) is 36.7 Å². The van der Waals surface area contributed by atoms with Crippen LogP contribution in [-0.4, -0.2) is 50.7 Å². The van der Waals surface area contributed by atoms with Crippen molar-refractivity contribution in [2.75, 3.05) is 11.6 Å². The van der Waals surface area contributed by atoms with Crippen LogP contribution in [0.4, 0.5) is 14.5 Å². The number of rotatable bonds is 9. The number of anilines is 1. The predicted molar refractivity (Wildman–Crippen MR) is 163 cm³/mol. The summed E-state index contributed by atoms with van der Waals surface area (Å²) in [7, 11) is -3.48. The van der Waals surface area contributed by atoms with Crippen molar-refractivity contribution in [2.45, 2.75) is 26.3 Å². The zero-order valence-corrected chi connectivity index (χ0v) is 24.4. The van der Waals surface area contributed by atoms with E-state index < -0.39 is 21.7 Å². The lowest BCUT2D eigenvalue weighted by molar-refractivity contribution is -0.116. The Kier molecular flexibility index (Phi) is 7.61. The molecule has 0 aliphatic rings. The first-order chi connectivity index (χ1) is 21.1. The molecule has 6 aromatic rings. The van der Waals surface area contributed by atoms with Crippen LogP contribution in [0.5, 0.6) is 0 Å². The van der Waals surface area contributed by atoms with Gasteiger partial charge in [-0.15, -0.1) is 0 Å². The van der Waals surface area contributed by atoms with Gasteiger partial charge in [0.2, 0.25) is 15.9 Å². The second-order valence-electron chi connectivity index (χ2n) is 10.3. The highest BCUT2D eigenvalue weighted by Gasteiger charge is 2.19. The number of aromatic amines is 2. The van der Waals surface area contributed by atoms with E-state index in [0.717, 1.165) is 6.26 Å². The quantitative estimate of drug-likeness (QED) is 0.172. The van der Waals surface area contributed by atoms with E-state index in [2.05, 4.69) is 35.2 Å². The monoisotopic (exact) mass is 616 g/mol. The van der Waals surface area contributed by atoms with Gasteiger partial charge >= 0.3 is 0 Å². The van der Waals surface area contributed by atoms with Crippen LogP contribution in [0.2, 0.25) is 0 Å². The fourth-order valence-corrected chi connectivity index (χ4v) is 5.35. The molecule has 2 aromatic carbocycles. The van der Waals surface area contributed by atoms with Gasteiger partial charge in [0.05, 0.1) is 18.1 Å². The SMILES string of the molecule is CCCC(=O)Nc1cncc(-c2cc(F)c3[nH]nc(-c4nc5c(-c6cc(F)cc(CNS(C)(=O)=O)c6)ccnc5[nH]4)c3c2)c1. The minimum atomic E-state index is -3.48. The van der Waals surface area contributed by atoms with Crippen LogP contribution in [0.1, 0.15) is 25.3 Å². The van der Waals surface area contributed by atoms with Crippen LogP contribution < -0.4 is 10.0 Å². The maximum Gasteiger partial charge on any atom is 0.224 e. The number of hydrogen-bond donors (Lipinski definition) is 4. The topological polar surface area (TPSA) is 158 Å². The van der Waals surface area contributed by atoms with Crippen LogP contribution in [-0.2, 0) is 21.4 Å². The highest BCUT2D eigenvalue weighted by atomic mass is 32.2. The van der Waals surface area contributed by atoms with Gasteiger partial charge in [0.1, 0.15) is 28.4 Å². The molecule has 0 aliphatic heterocycles. The molecule has 0 bridgehead atoms. The number of fused-ring (bicyclic) bond motifs is 2. The molecule has 0 saturated heterocycles. The van der Waals surface area contributed by atoms with Gasteiger partial charge in [-0.3, -0.25) is 14.9 Å². The first-order valence-corrected chi connectivity index (χ1v) is 15.5. The normalized spacial score (nSPS) is 11.8. The lowest BCUT2D eigenvalue weighted by Gasteiger charge is -2.08. The van der Waals surface area contributed by atoms with Gasteiger partial charge in [-0.05, 0) is 65.6 Å². The summed E-state index contributed by atoms with van der Waals surface area (Å²) in [5.74, 6) is -0.917. The molecule has 0 radical (unpaired) electrons. The molecule has 6 rings (SSSR count). The second kappa shape index (κ2) is 11.5. The first-order valence-electron chi connectivity index (χ1n) is 13.6. The Balaban J connectivity index is 1.40. The highest BCUT2D eigenvalue weighted by Crippen LogP contribution is 2.34. The van der Waals surface area contributed by atoms with E-state index in [-0.39, 0.29) is 18.0 Å². The fourth-order valence-electron chi connectivity index (χ4n) is 4.92. The molecule has 0 atom stereocenters. The lowest BCUT2D eigenvalue weighted by Crippen LogP contribution is -2.21. The largest absolute Gasteiger partial charge is 0.325 e. The van der Waals surface area contributed by atoms with Crippen molar-refractivity contribution in [3.05, 3.63) is 78.3 Å². The molecule has 4 aromatic heterocycles. The van der Waals surface area contributed by atoms with Crippen LogP contribution in [0.15, 0.2) is 61.1 Å². The summed E-state index contributed by atoms with van der Waals surface area (Å²) in [6.07, 6.45) is 6.75. The Bertz CT molecular complexity index is 2160. The molecule has 0 saturated carbocycles. The summed E-state index contributed by atoms with van der Waals surface area (Å²) in [4.78, 5) is 28.5. The number of pyridine rings is 2. The molecular formula is C30H26F2N8O3S. The van der Waals surface area contributed by atoms with Crippen molar-refractivity contribution >= 4 is 43.7 Å². The zero-order valence-electron chi connectivity index (χ0n) is 23.6. The molecule has 11 nitrogen and oxygen atoms in total. The molecule has 14 heteroatoms. The Morgan fingerprint density at radius 2 is 1.86 bits per heavy atom. The fraction of sp³-hybridized carbons (Fsp3) is 0.167. The van der Waals surface area contributed by atoms with Gasteiger partial charge in [0.15, 0.2) is 11.5 Å². The molecule has 0 spiro atoms. The van der Waals surface area contributed by atoms with Crippen molar-refractivity contribution in [3.63, 3.8) is 0 Å². The van der Waals surface area contributed by atoms with Gasteiger partial charge in [-0.1, -0.05) is 6.92 Å². The molecule has 224 valence electrons. The lowest BCUT2D eigenvalue weighted by atomic mass is 10.0. The number of sulfonamides is 1. The molecular weight excluding hydrogens is 590 g/mol. The van der Waals surface area contributed by atoms with Crippen molar-refractivity contribution in [3.8, 4) is 33.8 Å². The van der Waals surface area contributed by atoms with Crippen molar-refractivity contribution < 1.29 is 22.0 Å². The third kappa shape index (κ3) is 6.02. The Labute approximate surface area is 250 Å². The standard InChI is InChI=1S/C30H26F2N8O3S/c1-3-4-25(41)36-21-10-19(14-33-15-21)17-11-23-26(24(32)12-17)39-40-28(23)30-37-27-22(5-6-34-29(27)38-30)18-7-16(8-20(31)9-18)13-35-44(2,42)43/h5-12,14-15,35H,3-4,13H2,1-2H3,(H,36,41)(H,39,40)(H,34,37,38). The molecule has 4 N–H and O–H groups in total. The molecule has 0 aliphatic carbocycles. The average molecular weight is 617 g/mol. The summed E-state index contributed by atoms with van der Waals surface area (Å²) in [5.41, 5.74) is 4.38. The maximum atomic E-state index is 15.3. The number of carbonyl (C=O) groups is 1. The van der Waals surface area contributed by atoms with Crippen molar-refractivity contribution in [1.82, 2.24) is 34.9 Å². The second-order valence-corrected chi connectivity index (χ2v) is 12.1. The van der Waals surface area contributed by atoms with E-state index in [0.29, 0.717) is 74.4 Å². The summed E-state index contributed by atoms with van der Waals surface area (Å²) in [6.45, 7) is 1.83. The number of imidazole rings is 1. The Morgan fingerprint density at radius 3 is 2.66 bits per heavy atom. The smallest absolute Gasteiger partial charge is 0.224 e. The van der Waals surface area contributed by atoms with Crippen LogP contribution >= 0.6 is 0 Å². The minimum Gasteiger partial charge on any atom is -0.325 e. The van der Waals surface area contributed by atoms with Gasteiger partial charge in [0.25, 0.3) is 0 Å². The van der Waals surface area contributed by atoms with Gasteiger partial charge in [-0.2, -0.15) is 5.10 Å². The number of carbonyl (C=O) groups excluding carboxylic acids is 1. The third-order valence-corrected chi connectivity index (χ3v) is 7.54. The number of aromatic nitrogens is 6. The van der Waals surface area contributed by atoms with Crippen LogP contribution in [0.3, 0.4) is 0 Å². The first kappa shape index (κ1) is 29.0. The summed E-state index contributed by atoms with van der Waals surface area (Å²) in [5, 5.41) is 10.3. The summed E-state index contributed by atoms with van der Waals surface area (Å²) >= 11 is 0. The molecule has 1 amide bonds. The number of halogens is 2. The Hall–Kier alpha value is -5.08. The number of nitrogens with one attached hydrogen (secondary N) is 4. The van der Waals surface area contributed by atoms with Crippen molar-refractivity contribution in [2.24, 2.45) is 0 Å². The van der Waals surface area contributed by atoms with E-state index in [1.165, 1.54) is 24.4 Å². The van der Waals surface area contributed by atoms with E-state index in [1.807, 2.05) is 6.92 Å².